The number of nitrogens with zero attached hydrogens (tertiary/aromatic N) is 4. The summed E-state index contributed by atoms with van der Waals surface area (Å²) in [4.78, 5) is 12.5. The number of anilines is 1. The third-order valence-electron chi connectivity index (χ3n) is 3.99. The first-order valence-electron chi connectivity index (χ1n) is 7.80. The molecule has 0 aliphatic rings. The maximum absolute atomic E-state index is 12.5. The Morgan fingerprint density at radius 3 is 2.50 bits per heavy atom. The van der Waals surface area contributed by atoms with E-state index >= 15 is 0 Å². The first-order valence-corrected chi connectivity index (χ1v) is 7.80. The maximum Gasteiger partial charge on any atom is 0.255 e. The molecule has 0 aliphatic carbocycles. The van der Waals surface area contributed by atoms with Crippen LogP contribution >= 0.6 is 0 Å². The molecular formula is C18H19N5O. The summed E-state index contributed by atoms with van der Waals surface area (Å²) in [6.45, 7) is 6.18. The number of carbonyl (C=O) groups is 1. The summed E-state index contributed by atoms with van der Waals surface area (Å²) in [7, 11) is 0. The number of aromatic nitrogens is 4. The quantitative estimate of drug-likeness (QED) is 0.800. The van der Waals surface area contributed by atoms with Gasteiger partial charge in [-0.1, -0.05) is 32.0 Å². The summed E-state index contributed by atoms with van der Waals surface area (Å²) >= 11 is 0. The SMILES string of the molecule is Cc1c(NC(=O)c2ccc(C(C)C)cc2)cccc1-n1cnnn1. The van der Waals surface area contributed by atoms with E-state index in [-0.39, 0.29) is 5.91 Å². The molecule has 3 rings (SSSR count). The van der Waals surface area contributed by atoms with Gasteiger partial charge in [-0.05, 0) is 58.7 Å². The lowest BCUT2D eigenvalue weighted by Gasteiger charge is -2.12. The van der Waals surface area contributed by atoms with Gasteiger partial charge in [0.05, 0.1) is 5.69 Å². The molecule has 0 unspecified atom stereocenters. The lowest BCUT2D eigenvalue weighted by atomic mass is 10.0. The van der Waals surface area contributed by atoms with E-state index in [1.807, 2.05) is 49.4 Å². The largest absolute Gasteiger partial charge is 0.322 e. The van der Waals surface area contributed by atoms with Crippen LogP contribution in [-0.2, 0) is 0 Å². The van der Waals surface area contributed by atoms with Crippen LogP contribution in [0.25, 0.3) is 5.69 Å². The highest BCUT2D eigenvalue weighted by molar-refractivity contribution is 6.04. The predicted molar refractivity (Wildman–Crippen MR) is 92.4 cm³/mol. The van der Waals surface area contributed by atoms with Gasteiger partial charge in [-0.2, -0.15) is 0 Å². The molecule has 0 radical (unpaired) electrons. The van der Waals surface area contributed by atoms with Crippen LogP contribution in [0.1, 0.15) is 41.3 Å². The molecule has 122 valence electrons. The fraction of sp³-hybridized carbons (Fsp3) is 0.222. The second-order valence-corrected chi connectivity index (χ2v) is 5.93. The molecule has 0 spiro atoms. The lowest BCUT2D eigenvalue weighted by Crippen LogP contribution is -2.13. The molecule has 0 atom stereocenters. The summed E-state index contributed by atoms with van der Waals surface area (Å²) in [5, 5.41) is 14.1. The standard InChI is InChI=1S/C18H19N5O/c1-12(2)14-7-9-15(10-8-14)18(24)20-16-5-4-6-17(13(16)3)23-11-19-21-22-23/h4-12H,1-3H3,(H,20,24). The van der Waals surface area contributed by atoms with Gasteiger partial charge in [0.25, 0.3) is 5.91 Å². The Labute approximate surface area is 140 Å². The van der Waals surface area contributed by atoms with Crippen molar-refractivity contribution in [2.75, 3.05) is 5.32 Å². The third-order valence-corrected chi connectivity index (χ3v) is 3.99. The van der Waals surface area contributed by atoms with Crippen LogP contribution in [0.3, 0.4) is 0 Å². The average Bonchev–Trinajstić information content (AvgIpc) is 3.11. The molecule has 1 heterocycles. The summed E-state index contributed by atoms with van der Waals surface area (Å²) in [6.07, 6.45) is 1.53. The number of benzene rings is 2. The molecule has 2 aromatic carbocycles. The molecule has 0 saturated heterocycles. The Morgan fingerprint density at radius 2 is 1.88 bits per heavy atom. The van der Waals surface area contributed by atoms with Crippen LogP contribution in [0.5, 0.6) is 0 Å². The summed E-state index contributed by atoms with van der Waals surface area (Å²) in [6, 6.07) is 13.3. The zero-order valence-electron chi connectivity index (χ0n) is 13.9. The topological polar surface area (TPSA) is 72.7 Å². The van der Waals surface area contributed by atoms with E-state index in [1.54, 1.807) is 4.68 Å². The van der Waals surface area contributed by atoms with Crippen LogP contribution in [0.2, 0.25) is 0 Å². The van der Waals surface area contributed by atoms with Crippen LogP contribution in [0.4, 0.5) is 5.69 Å². The van der Waals surface area contributed by atoms with E-state index in [0.717, 1.165) is 16.9 Å². The van der Waals surface area contributed by atoms with Crippen LogP contribution < -0.4 is 5.32 Å². The van der Waals surface area contributed by atoms with Gasteiger partial charge in [0.15, 0.2) is 0 Å². The van der Waals surface area contributed by atoms with E-state index in [2.05, 4.69) is 34.7 Å². The molecule has 3 aromatic rings. The summed E-state index contributed by atoms with van der Waals surface area (Å²) < 4.78 is 1.57. The van der Waals surface area contributed by atoms with Crippen molar-refractivity contribution in [3.8, 4) is 5.69 Å². The van der Waals surface area contributed by atoms with E-state index < -0.39 is 0 Å². The Morgan fingerprint density at radius 1 is 1.12 bits per heavy atom. The van der Waals surface area contributed by atoms with E-state index in [4.69, 9.17) is 0 Å². The monoisotopic (exact) mass is 321 g/mol. The Kier molecular flexibility index (Phi) is 4.37. The zero-order chi connectivity index (χ0) is 17.1. The van der Waals surface area contributed by atoms with Crippen molar-refractivity contribution in [3.63, 3.8) is 0 Å². The minimum absolute atomic E-state index is 0.137. The zero-order valence-corrected chi connectivity index (χ0v) is 13.9. The fourth-order valence-corrected chi connectivity index (χ4v) is 2.49. The minimum Gasteiger partial charge on any atom is -0.322 e. The number of hydrogen-bond acceptors (Lipinski definition) is 4. The van der Waals surface area contributed by atoms with Gasteiger partial charge >= 0.3 is 0 Å². The van der Waals surface area contributed by atoms with Crippen molar-refractivity contribution < 1.29 is 4.79 Å². The average molecular weight is 321 g/mol. The normalized spacial score (nSPS) is 10.8. The van der Waals surface area contributed by atoms with Crippen molar-refractivity contribution >= 4 is 11.6 Å². The second kappa shape index (κ2) is 6.62. The first kappa shape index (κ1) is 15.9. The number of rotatable bonds is 4. The molecule has 1 aromatic heterocycles. The summed E-state index contributed by atoms with van der Waals surface area (Å²) in [5.41, 5.74) is 4.31. The number of amides is 1. The number of tetrazole rings is 1. The van der Waals surface area contributed by atoms with Gasteiger partial charge < -0.3 is 5.32 Å². The first-order chi connectivity index (χ1) is 11.6. The fourth-order valence-electron chi connectivity index (χ4n) is 2.49. The molecule has 1 N–H and O–H groups in total. The Bertz CT molecular complexity index is 838. The van der Waals surface area contributed by atoms with Crippen molar-refractivity contribution in [1.82, 2.24) is 20.2 Å². The summed E-state index contributed by atoms with van der Waals surface area (Å²) in [5.74, 6) is 0.305. The molecule has 6 nitrogen and oxygen atoms in total. The van der Waals surface area contributed by atoms with Gasteiger partial charge in [-0.3, -0.25) is 4.79 Å². The number of carbonyl (C=O) groups excluding carboxylic acids is 1. The maximum atomic E-state index is 12.5. The van der Waals surface area contributed by atoms with Crippen LogP contribution in [0.15, 0.2) is 48.8 Å². The molecule has 0 saturated carbocycles. The Hall–Kier alpha value is -3.02. The molecule has 6 heteroatoms. The molecule has 0 fully saturated rings. The lowest BCUT2D eigenvalue weighted by molar-refractivity contribution is 0.102. The number of nitrogens with one attached hydrogen (secondary N) is 1. The van der Waals surface area contributed by atoms with E-state index in [0.29, 0.717) is 11.5 Å². The predicted octanol–water partition coefficient (Wildman–Crippen LogP) is 3.35. The third kappa shape index (κ3) is 3.17. The molecule has 24 heavy (non-hydrogen) atoms. The minimum atomic E-state index is -0.137. The number of hydrogen-bond donors (Lipinski definition) is 1. The molecular weight excluding hydrogens is 302 g/mol. The van der Waals surface area contributed by atoms with Gasteiger partial charge in [-0.25, -0.2) is 4.68 Å². The van der Waals surface area contributed by atoms with E-state index in [1.165, 1.54) is 11.9 Å². The van der Waals surface area contributed by atoms with Crippen molar-refractivity contribution in [2.24, 2.45) is 0 Å². The van der Waals surface area contributed by atoms with Crippen LogP contribution in [-0.4, -0.2) is 26.1 Å². The van der Waals surface area contributed by atoms with Crippen molar-refractivity contribution in [1.29, 1.82) is 0 Å². The molecule has 0 bridgehead atoms. The molecule has 1 amide bonds. The highest BCUT2D eigenvalue weighted by Gasteiger charge is 2.11. The van der Waals surface area contributed by atoms with Gasteiger partial charge in [-0.15, -0.1) is 5.10 Å². The second-order valence-electron chi connectivity index (χ2n) is 5.93. The van der Waals surface area contributed by atoms with Gasteiger partial charge in [0.1, 0.15) is 6.33 Å². The highest BCUT2D eigenvalue weighted by atomic mass is 16.1. The van der Waals surface area contributed by atoms with Crippen molar-refractivity contribution in [3.05, 3.63) is 65.5 Å². The highest BCUT2D eigenvalue weighted by Crippen LogP contribution is 2.22. The van der Waals surface area contributed by atoms with Gasteiger partial charge in [0.2, 0.25) is 0 Å². The smallest absolute Gasteiger partial charge is 0.255 e. The Balaban J connectivity index is 1.83. The van der Waals surface area contributed by atoms with Crippen molar-refractivity contribution in [2.45, 2.75) is 26.7 Å². The van der Waals surface area contributed by atoms with E-state index in [9.17, 15) is 4.79 Å². The molecule has 0 aliphatic heterocycles. The van der Waals surface area contributed by atoms with Crippen LogP contribution in [0, 0.1) is 6.92 Å². The van der Waals surface area contributed by atoms with Gasteiger partial charge in [0, 0.05) is 11.3 Å².